The molecule has 0 aromatic heterocycles. The van der Waals surface area contributed by atoms with E-state index >= 15 is 0 Å². The summed E-state index contributed by atoms with van der Waals surface area (Å²) in [5.41, 5.74) is 2.76. The highest BCUT2D eigenvalue weighted by molar-refractivity contribution is 5.63. The summed E-state index contributed by atoms with van der Waals surface area (Å²) >= 11 is 0. The Morgan fingerprint density at radius 3 is 1.16 bits per heavy atom. The van der Waals surface area contributed by atoms with Crippen LogP contribution in [0.5, 0.6) is 0 Å². The van der Waals surface area contributed by atoms with Gasteiger partial charge in [-0.15, -0.1) is 0 Å². The van der Waals surface area contributed by atoms with Crippen LogP contribution in [0.3, 0.4) is 0 Å². The van der Waals surface area contributed by atoms with Crippen molar-refractivity contribution in [2.24, 2.45) is 0 Å². The molecule has 3 atom stereocenters. The highest BCUT2D eigenvalue weighted by Crippen LogP contribution is 2.16. The van der Waals surface area contributed by atoms with Crippen molar-refractivity contribution in [2.75, 3.05) is 0 Å². The Morgan fingerprint density at radius 2 is 0.839 bits per heavy atom. The van der Waals surface area contributed by atoms with Gasteiger partial charge in [0.25, 0.3) is 0 Å². The molecule has 160 valence electrons. The fraction of sp³-hybridized carbons (Fsp3) is 0.231. The van der Waals surface area contributed by atoms with Crippen LogP contribution in [0.15, 0.2) is 91.0 Å². The van der Waals surface area contributed by atoms with E-state index in [-0.39, 0.29) is 19.8 Å². The molecular weight excluding hydrogens is 392 g/mol. The van der Waals surface area contributed by atoms with Gasteiger partial charge in [0.1, 0.15) is 18.3 Å². The first kappa shape index (κ1) is 22.6. The quantitative estimate of drug-likeness (QED) is 0.391. The summed E-state index contributed by atoms with van der Waals surface area (Å²) in [7, 11) is 0. The van der Waals surface area contributed by atoms with Gasteiger partial charge >= 0.3 is 0 Å². The molecule has 5 nitrogen and oxygen atoms in total. The molecule has 0 aliphatic heterocycles. The van der Waals surface area contributed by atoms with Crippen LogP contribution in [0.1, 0.15) is 16.7 Å². The van der Waals surface area contributed by atoms with Crippen molar-refractivity contribution in [1.29, 1.82) is 0 Å². The third kappa shape index (κ3) is 7.26. The second-order valence-corrected chi connectivity index (χ2v) is 7.06. The summed E-state index contributed by atoms with van der Waals surface area (Å²) in [5, 5.41) is 0. The standard InChI is InChI=1S/C26H26O5/c27-16-24(29-18-21-10-4-1-5-11-21)26(31-20-23-14-8-3-9-15-23)25(17-28)30-19-22-12-6-2-7-13-22/h1-17,24-26H,18-20H2/t24-,25+,26?. The summed E-state index contributed by atoms with van der Waals surface area (Å²) in [4.78, 5) is 23.8. The summed E-state index contributed by atoms with van der Waals surface area (Å²) in [6, 6.07) is 28.6. The molecule has 0 fully saturated rings. The van der Waals surface area contributed by atoms with Crippen LogP contribution in [0.2, 0.25) is 0 Å². The molecule has 5 heteroatoms. The minimum atomic E-state index is -0.963. The first-order valence-corrected chi connectivity index (χ1v) is 10.2. The van der Waals surface area contributed by atoms with E-state index in [1.165, 1.54) is 0 Å². The van der Waals surface area contributed by atoms with Crippen LogP contribution in [-0.4, -0.2) is 30.9 Å². The van der Waals surface area contributed by atoms with Crippen LogP contribution in [-0.2, 0) is 43.6 Å². The second-order valence-electron chi connectivity index (χ2n) is 7.06. The second kappa shape index (κ2) is 12.5. The minimum Gasteiger partial charge on any atom is -0.367 e. The largest absolute Gasteiger partial charge is 0.367 e. The highest BCUT2D eigenvalue weighted by atomic mass is 16.6. The fourth-order valence-electron chi connectivity index (χ4n) is 3.10. The molecule has 0 radical (unpaired) electrons. The van der Waals surface area contributed by atoms with E-state index in [0.717, 1.165) is 16.7 Å². The maximum atomic E-state index is 11.9. The predicted octanol–water partition coefficient (Wildman–Crippen LogP) is 4.14. The van der Waals surface area contributed by atoms with Gasteiger partial charge in [0.05, 0.1) is 19.8 Å². The lowest BCUT2D eigenvalue weighted by Crippen LogP contribution is -2.44. The van der Waals surface area contributed by atoms with E-state index in [4.69, 9.17) is 14.2 Å². The molecule has 0 N–H and O–H groups in total. The molecule has 0 aliphatic carbocycles. The molecule has 0 bridgehead atoms. The molecule has 0 heterocycles. The van der Waals surface area contributed by atoms with Gasteiger partial charge in [-0.3, -0.25) is 0 Å². The van der Waals surface area contributed by atoms with Gasteiger partial charge in [-0.25, -0.2) is 0 Å². The Kier molecular flexibility index (Phi) is 9.13. The number of rotatable bonds is 13. The molecule has 3 rings (SSSR count). The molecule has 0 saturated heterocycles. The van der Waals surface area contributed by atoms with Gasteiger partial charge < -0.3 is 23.8 Å². The topological polar surface area (TPSA) is 61.8 Å². The summed E-state index contributed by atoms with van der Waals surface area (Å²) in [6.07, 6.45) is -1.48. The molecule has 3 aromatic carbocycles. The Hall–Kier alpha value is -3.12. The molecule has 0 saturated carbocycles. The van der Waals surface area contributed by atoms with Gasteiger partial charge in [0.15, 0.2) is 12.6 Å². The number of carbonyl (C=O) groups is 2. The average Bonchev–Trinajstić information content (AvgIpc) is 2.84. The monoisotopic (exact) mass is 418 g/mol. The highest BCUT2D eigenvalue weighted by Gasteiger charge is 2.32. The summed E-state index contributed by atoms with van der Waals surface area (Å²) in [6.45, 7) is 0.670. The van der Waals surface area contributed by atoms with E-state index in [9.17, 15) is 9.59 Å². The first-order chi connectivity index (χ1) is 15.3. The zero-order valence-corrected chi connectivity index (χ0v) is 17.2. The minimum absolute atomic E-state index is 0.222. The lowest BCUT2D eigenvalue weighted by atomic mass is 10.1. The average molecular weight is 418 g/mol. The summed E-state index contributed by atoms with van der Waals surface area (Å²) < 4.78 is 17.7. The van der Waals surface area contributed by atoms with Gasteiger partial charge in [-0.05, 0) is 16.7 Å². The molecule has 1 unspecified atom stereocenters. The number of aldehydes is 2. The van der Waals surface area contributed by atoms with Crippen molar-refractivity contribution in [2.45, 2.75) is 38.1 Å². The number of ether oxygens (including phenoxy) is 3. The van der Waals surface area contributed by atoms with Crippen molar-refractivity contribution in [3.63, 3.8) is 0 Å². The van der Waals surface area contributed by atoms with Crippen LogP contribution in [0, 0.1) is 0 Å². The maximum Gasteiger partial charge on any atom is 0.151 e. The fourth-order valence-corrected chi connectivity index (χ4v) is 3.10. The zero-order chi connectivity index (χ0) is 21.7. The van der Waals surface area contributed by atoms with Crippen LogP contribution < -0.4 is 0 Å². The molecule has 0 amide bonds. The molecule has 0 spiro atoms. The SMILES string of the molecule is O=C[C@H](OCc1ccccc1)C(OCc1ccccc1)[C@@H](C=O)OCc1ccccc1. The molecule has 0 aliphatic rings. The van der Waals surface area contributed by atoms with Gasteiger partial charge in [-0.1, -0.05) is 91.0 Å². The van der Waals surface area contributed by atoms with Crippen molar-refractivity contribution >= 4 is 12.6 Å². The molecule has 31 heavy (non-hydrogen) atoms. The molecular formula is C26H26O5. The van der Waals surface area contributed by atoms with Crippen LogP contribution in [0.25, 0.3) is 0 Å². The van der Waals surface area contributed by atoms with Crippen molar-refractivity contribution < 1.29 is 23.8 Å². The van der Waals surface area contributed by atoms with Gasteiger partial charge in [0, 0.05) is 0 Å². The number of hydrogen-bond donors (Lipinski definition) is 0. The van der Waals surface area contributed by atoms with Gasteiger partial charge in [0.2, 0.25) is 0 Å². The maximum absolute atomic E-state index is 11.9. The lowest BCUT2D eigenvalue weighted by molar-refractivity contribution is -0.161. The Labute approximate surface area is 182 Å². The van der Waals surface area contributed by atoms with Crippen molar-refractivity contribution in [3.8, 4) is 0 Å². The van der Waals surface area contributed by atoms with Crippen molar-refractivity contribution in [1.82, 2.24) is 0 Å². The number of carbonyl (C=O) groups excluding carboxylic acids is 2. The van der Waals surface area contributed by atoms with Crippen molar-refractivity contribution in [3.05, 3.63) is 108 Å². The van der Waals surface area contributed by atoms with E-state index < -0.39 is 18.3 Å². The van der Waals surface area contributed by atoms with E-state index in [0.29, 0.717) is 12.6 Å². The third-order valence-electron chi connectivity index (χ3n) is 4.77. The van der Waals surface area contributed by atoms with Gasteiger partial charge in [-0.2, -0.15) is 0 Å². The summed E-state index contributed by atoms with van der Waals surface area (Å²) in [5.74, 6) is 0. The predicted molar refractivity (Wildman–Crippen MR) is 117 cm³/mol. The first-order valence-electron chi connectivity index (χ1n) is 10.2. The number of benzene rings is 3. The van der Waals surface area contributed by atoms with E-state index in [1.807, 2.05) is 91.0 Å². The van der Waals surface area contributed by atoms with Crippen LogP contribution in [0.4, 0.5) is 0 Å². The Bertz CT molecular complexity index is 843. The lowest BCUT2D eigenvalue weighted by Gasteiger charge is -2.28. The smallest absolute Gasteiger partial charge is 0.151 e. The normalized spacial score (nSPS) is 13.8. The zero-order valence-electron chi connectivity index (χ0n) is 17.2. The Balaban J connectivity index is 1.71. The van der Waals surface area contributed by atoms with E-state index in [2.05, 4.69) is 0 Å². The Morgan fingerprint density at radius 1 is 0.516 bits per heavy atom. The third-order valence-corrected chi connectivity index (χ3v) is 4.77. The molecule has 3 aromatic rings. The number of hydrogen-bond acceptors (Lipinski definition) is 5. The van der Waals surface area contributed by atoms with E-state index in [1.54, 1.807) is 0 Å². The van der Waals surface area contributed by atoms with Crippen LogP contribution >= 0.6 is 0 Å².